The summed E-state index contributed by atoms with van der Waals surface area (Å²) in [5.41, 5.74) is 1.50. The molecule has 3 aromatic carbocycles. The Morgan fingerprint density at radius 1 is 0.688 bits per heavy atom. The normalized spacial score (nSPS) is 10.3. The Bertz CT molecular complexity index is 948. The highest BCUT2D eigenvalue weighted by molar-refractivity contribution is 5.93. The van der Waals surface area contributed by atoms with Crippen molar-refractivity contribution < 1.29 is 23.7 Å². The van der Waals surface area contributed by atoms with Crippen molar-refractivity contribution in [1.82, 2.24) is 0 Å². The molecule has 168 valence electrons. The number of hydrogen-bond acceptors (Lipinski definition) is 6. The van der Waals surface area contributed by atoms with Gasteiger partial charge in [-0.15, -0.1) is 0 Å². The molecule has 0 bridgehead atoms. The predicted molar refractivity (Wildman–Crippen MR) is 125 cm³/mol. The summed E-state index contributed by atoms with van der Waals surface area (Å²) >= 11 is 0. The summed E-state index contributed by atoms with van der Waals surface area (Å²) in [6.07, 6.45) is 0. The first-order valence-electron chi connectivity index (χ1n) is 10.4. The second-order valence-electron chi connectivity index (χ2n) is 6.81. The lowest BCUT2D eigenvalue weighted by molar-refractivity contribution is -0.114. The number of benzene rings is 3. The van der Waals surface area contributed by atoms with E-state index in [0.29, 0.717) is 37.9 Å². The SMILES string of the molecule is COCCOc1ccc(NC(=O)CNc2cccc(OCCOc3ccccc3)c2)cc1. The number of hydrogen-bond donors (Lipinski definition) is 2. The monoisotopic (exact) mass is 436 g/mol. The molecule has 0 spiro atoms. The van der Waals surface area contributed by atoms with E-state index < -0.39 is 0 Å². The minimum atomic E-state index is -0.152. The number of para-hydroxylation sites is 1. The third-order valence-corrected chi connectivity index (χ3v) is 4.35. The van der Waals surface area contributed by atoms with Crippen molar-refractivity contribution >= 4 is 17.3 Å². The molecule has 0 saturated heterocycles. The Hall–Kier alpha value is -3.71. The van der Waals surface area contributed by atoms with Crippen LogP contribution >= 0.6 is 0 Å². The molecule has 0 aliphatic rings. The number of anilines is 2. The Labute approximate surface area is 188 Å². The van der Waals surface area contributed by atoms with E-state index in [1.165, 1.54) is 0 Å². The van der Waals surface area contributed by atoms with Gasteiger partial charge in [0.1, 0.15) is 37.1 Å². The number of carbonyl (C=O) groups excluding carboxylic acids is 1. The van der Waals surface area contributed by atoms with Crippen LogP contribution in [0.3, 0.4) is 0 Å². The number of amides is 1. The van der Waals surface area contributed by atoms with Gasteiger partial charge in [0.05, 0.1) is 13.2 Å². The molecule has 7 heteroatoms. The molecule has 32 heavy (non-hydrogen) atoms. The third-order valence-electron chi connectivity index (χ3n) is 4.35. The van der Waals surface area contributed by atoms with Crippen molar-refractivity contribution in [2.24, 2.45) is 0 Å². The molecule has 0 unspecified atom stereocenters. The lowest BCUT2D eigenvalue weighted by atomic mass is 10.3. The minimum Gasteiger partial charge on any atom is -0.491 e. The zero-order chi connectivity index (χ0) is 22.4. The average Bonchev–Trinajstić information content (AvgIpc) is 2.83. The number of ether oxygens (including phenoxy) is 4. The number of rotatable bonds is 13. The van der Waals surface area contributed by atoms with Gasteiger partial charge in [-0.3, -0.25) is 4.79 Å². The molecule has 0 aliphatic carbocycles. The van der Waals surface area contributed by atoms with E-state index in [4.69, 9.17) is 18.9 Å². The van der Waals surface area contributed by atoms with Crippen molar-refractivity contribution in [3.05, 3.63) is 78.9 Å². The molecule has 0 aliphatic heterocycles. The zero-order valence-corrected chi connectivity index (χ0v) is 18.1. The van der Waals surface area contributed by atoms with Crippen LogP contribution in [0.25, 0.3) is 0 Å². The second-order valence-corrected chi connectivity index (χ2v) is 6.81. The second kappa shape index (κ2) is 12.9. The number of carbonyl (C=O) groups is 1. The summed E-state index contributed by atoms with van der Waals surface area (Å²) in [7, 11) is 1.63. The molecule has 7 nitrogen and oxygen atoms in total. The fourth-order valence-electron chi connectivity index (χ4n) is 2.80. The van der Waals surface area contributed by atoms with E-state index in [1.807, 2.05) is 54.6 Å². The van der Waals surface area contributed by atoms with Gasteiger partial charge in [0.15, 0.2) is 0 Å². The quantitative estimate of drug-likeness (QED) is 0.391. The van der Waals surface area contributed by atoms with Gasteiger partial charge in [-0.05, 0) is 48.5 Å². The minimum absolute atomic E-state index is 0.132. The summed E-state index contributed by atoms with van der Waals surface area (Å²) in [5, 5.41) is 5.95. The molecule has 0 heterocycles. The molecule has 0 radical (unpaired) electrons. The van der Waals surface area contributed by atoms with Gasteiger partial charge in [0, 0.05) is 24.6 Å². The van der Waals surface area contributed by atoms with Crippen molar-refractivity contribution in [2.75, 3.05) is 50.7 Å². The van der Waals surface area contributed by atoms with Gasteiger partial charge in [0.2, 0.25) is 5.91 Å². The summed E-state index contributed by atoms with van der Waals surface area (Å²) in [5.74, 6) is 2.09. The van der Waals surface area contributed by atoms with Gasteiger partial charge in [-0.25, -0.2) is 0 Å². The average molecular weight is 437 g/mol. The molecule has 3 rings (SSSR count). The first-order valence-corrected chi connectivity index (χ1v) is 10.4. The maximum atomic E-state index is 12.2. The highest BCUT2D eigenvalue weighted by Crippen LogP contribution is 2.18. The van der Waals surface area contributed by atoms with E-state index in [1.54, 1.807) is 31.4 Å². The Balaban J connectivity index is 1.38. The highest BCUT2D eigenvalue weighted by atomic mass is 16.5. The summed E-state index contributed by atoms with van der Waals surface area (Å²) in [6, 6.07) is 24.3. The van der Waals surface area contributed by atoms with Gasteiger partial charge in [-0.2, -0.15) is 0 Å². The van der Waals surface area contributed by atoms with Gasteiger partial charge in [0.25, 0.3) is 0 Å². The van der Waals surface area contributed by atoms with Crippen molar-refractivity contribution in [2.45, 2.75) is 0 Å². The molecular formula is C25H28N2O5. The maximum Gasteiger partial charge on any atom is 0.243 e. The molecule has 0 saturated carbocycles. The van der Waals surface area contributed by atoms with Gasteiger partial charge >= 0.3 is 0 Å². The fourth-order valence-corrected chi connectivity index (χ4v) is 2.80. The van der Waals surface area contributed by atoms with Crippen LogP contribution in [0, 0.1) is 0 Å². The Kier molecular flexibility index (Phi) is 9.23. The first-order chi connectivity index (χ1) is 15.7. The number of methoxy groups -OCH3 is 1. The van der Waals surface area contributed by atoms with Crippen LogP contribution in [-0.2, 0) is 9.53 Å². The van der Waals surface area contributed by atoms with Gasteiger partial charge in [-0.1, -0.05) is 24.3 Å². The summed E-state index contributed by atoms with van der Waals surface area (Å²) in [4.78, 5) is 12.2. The third kappa shape index (κ3) is 8.20. The molecule has 3 aromatic rings. The number of nitrogens with one attached hydrogen (secondary N) is 2. The molecule has 2 N–H and O–H groups in total. The molecule has 0 aromatic heterocycles. The summed E-state index contributed by atoms with van der Waals surface area (Å²) < 4.78 is 21.8. The Morgan fingerprint density at radius 2 is 1.31 bits per heavy atom. The van der Waals surface area contributed by atoms with E-state index in [0.717, 1.165) is 17.2 Å². The van der Waals surface area contributed by atoms with Crippen LogP contribution in [0.15, 0.2) is 78.9 Å². The highest BCUT2D eigenvalue weighted by Gasteiger charge is 2.04. The van der Waals surface area contributed by atoms with Crippen LogP contribution in [-0.4, -0.2) is 46.0 Å². The van der Waals surface area contributed by atoms with E-state index in [2.05, 4.69) is 10.6 Å². The van der Waals surface area contributed by atoms with Crippen LogP contribution in [0.2, 0.25) is 0 Å². The maximum absolute atomic E-state index is 12.2. The lowest BCUT2D eigenvalue weighted by Crippen LogP contribution is -2.21. The molecule has 0 atom stereocenters. The van der Waals surface area contributed by atoms with Crippen LogP contribution < -0.4 is 24.8 Å². The smallest absolute Gasteiger partial charge is 0.243 e. The predicted octanol–water partition coefficient (Wildman–Crippen LogP) is 4.22. The molecular weight excluding hydrogens is 408 g/mol. The standard InChI is InChI=1S/C25H28N2O5/c1-29-14-15-30-23-12-10-20(11-13-23)27-25(28)19-26-21-6-5-9-24(18-21)32-17-16-31-22-7-3-2-4-8-22/h2-13,18,26H,14-17,19H2,1H3,(H,27,28). The van der Waals surface area contributed by atoms with Gasteiger partial charge < -0.3 is 29.6 Å². The topological polar surface area (TPSA) is 78.1 Å². The molecule has 0 fully saturated rings. The summed E-state index contributed by atoms with van der Waals surface area (Å²) in [6.45, 7) is 2.00. The van der Waals surface area contributed by atoms with E-state index in [-0.39, 0.29) is 12.5 Å². The largest absolute Gasteiger partial charge is 0.491 e. The lowest BCUT2D eigenvalue weighted by Gasteiger charge is -2.11. The fraction of sp³-hybridized carbons (Fsp3) is 0.240. The van der Waals surface area contributed by atoms with Crippen LogP contribution in [0.1, 0.15) is 0 Å². The Morgan fingerprint density at radius 3 is 2.03 bits per heavy atom. The van der Waals surface area contributed by atoms with Crippen LogP contribution in [0.4, 0.5) is 11.4 Å². The first kappa shape index (κ1) is 23.0. The van der Waals surface area contributed by atoms with Crippen LogP contribution in [0.5, 0.6) is 17.2 Å². The zero-order valence-electron chi connectivity index (χ0n) is 18.1. The van der Waals surface area contributed by atoms with Crippen molar-refractivity contribution in [3.8, 4) is 17.2 Å². The molecule has 1 amide bonds. The van der Waals surface area contributed by atoms with E-state index >= 15 is 0 Å². The van der Waals surface area contributed by atoms with E-state index in [9.17, 15) is 4.79 Å². The van der Waals surface area contributed by atoms with Crippen molar-refractivity contribution in [3.63, 3.8) is 0 Å². The van der Waals surface area contributed by atoms with Crippen molar-refractivity contribution in [1.29, 1.82) is 0 Å².